The number of carbonyl (C=O) groups is 2. The molecule has 0 amide bonds. The van der Waals surface area contributed by atoms with Crippen molar-refractivity contribution in [1.29, 1.82) is 0 Å². The molecule has 1 heterocycles. The van der Waals surface area contributed by atoms with Crippen LogP contribution in [0.5, 0.6) is 0 Å². The fourth-order valence-electron chi connectivity index (χ4n) is 2.88. The predicted molar refractivity (Wildman–Crippen MR) is 88.5 cm³/mol. The van der Waals surface area contributed by atoms with Gasteiger partial charge in [-0.1, -0.05) is 24.3 Å². The van der Waals surface area contributed by atoms with Crippen LogP contribution in [0.2, 0.25) is 0 Å². The molecule has 0 aliphatic carbocycles. The summed E-state index contributed by atoms with van der Waals surface area (Å²) in [5.74, 6) is -2.79. The Morgan fingerprint density at radius 1 is 0.760 bits per heavy atom. The number of hydrogen-bond acceptors (Lipinski definition) is 4. The average Bonchev–Trinajstić information content (AvgIpc) is 2.91. The maximum absolute atomic E-state index is 11.0. The Bertz CT molecular complexity index is 724. The van der Waals surface area contributed by atoms with E-state index in [1.54, 1.807) is 38.1 Å². The summed E-state index contributed by atoms with van der Waals surface area (Å²) in [6.07, 6.45) is -0.845. The highest BCUT2D eigenvalue weighted by molar-refractivity contribution is 5.88. The van der Waals surface area contributed by atoms with Crippen molar-refractivity contribution in [2.75, 3.05) is 0 Å². The Balaban J connectivity index is 1.93. The zero-order valence-electron chi connectivity index (χ0n) is 13.8. The summed E-state index contributed by atoms with van der Waals surface area (Å²) < 4.78 is 12.0. The molecular formula is C19H18O6. The summed E-state index contributed by atoms with van der Waals surface area (Å²) in [6.45, 7) is 3.61. The van der Waals surface area contributed by atoms with E-state index in [0.717, 1.165) is 11.1 Å². The van der Waals surface area contributed by atoms with Crippen LogP contribution in [-0.4, -0.2) is 27.9 Å². The normalized spacial score (nSPS) is 21.8. The molecule has 2 aromatic rings. The Labute approximate surface area is 144 Å². The molecule has 1 aliphatic rings. The summed E-state index contributed by atoms with van der Waals surface area (Å²) in [5, 5.41) is 18.0. The first-order valence-corrected chi connectivity index (χ1v) is 7.79. The number of carboxylic acids is 2. The average molecular weight is 342 g/mol. The van der Waals surface area contributed by atoms with Crippen LogP contribution < -0.4 is 0 Å². The van der Waals surface area contributed by atoms with Crippen LogP contribution >= 0.6 is 0 Å². The van der Waals surface area contributed by atoms with Gasteiger partial charge in [0.2, 0.25) is 0 Å². The molecular weight excluding hydrogens is 324 g/mol. The molecule has 1 aliphatic heterocycles. The second-order valence-electron chi connectivity index (χ2n) is 6.33. The maximum Gasteiger partial charge on any atom is 0.335 e. The Hall–Kier alpha value is -2.70. The van der Waals surface area contributed by atoms with Crippen LogP contribution in [0.1, 0.15) is 57.9 Å². The molecule has 0 spiro atoms. The number of ether oxygens (including phenoxy) is 2. The minimum absolute atomic E-state index is 0.198. The van der Waals surface area contributed by atoms with E-state index in [-0.39, 0.29) is 11.1 Å². The maximum atomic E-state index is 11.0. The molecule has 2 atom stereocenters. The van der Waals surface area contributed by atoms with Gasteiger partial charge in [0.15, 0.2) is 5.79 Å². The fraction of sp³-hybridized carbons (Fsp3) is 0.263. The molecule has 25 heavy (non-hydrogen) atoms. The van der Waals surface area contributed by atoms with Gasteiger partial charge in [-0.2, -0.15) is 0 Å². The molecule has 0 unspecified atom stereocenters. The van der Waals surface area contributed by atoms with E-state index in [2.05, 4.69) is 0 Å². The zero-order chi connectivity index (χ0) is 18.2. The minimum Gasteiger partial charge on any atom is -0.478 e. The van der Waals surface area contributed by atoms with E-state index in [4.69, 9.17) is 19.7 Å². The van der Waals surface area contributed by atoms with Gasteiger partial charge in [-0.05, 0) is 49.2 Å². The van der Waals surface area contributed by atoms with Gasteiger partial charge in [-0.25, -0.2) is 9.59 Å². The van der Waals surface area contributed by atoms with Crippen molar-refractivity contribution in [1.82, 2.24) is 0 Å². The summed E-state index contributed by atoms with van der Waals surface area (Å²) in [5.41, 5.74) is 1.99. The second kappa shape index (κ2) is 6.31. The zero-order valence-corrected chi connectivity index (χ0v) is 13.8. The number of carboxylic acid groups (broad SMARTS) is 2. The summed E-state index contributed by atoms with van der Waals surface area (Å²) in [4.78, 5) is 22.0. The number of benzene rings is 2. The van der Waals surface area contributed by atoms with Gasteiger partial charge in [0, 0.05) is 0 Å². The van der Waals surface area contributed by atoms with Gasteiger partial charge in [0.1, 0.15) is 12.2 Å². The first kappa shape index (κ1) is 17.1. The fourth-order valence-corrected chi connectivity index (χ4v) is 2.88. The lowest BCUT2D eigenvalue weighted by atomic mass is 9.97. The van der Waals surface area contributed by atoms with Gasteiger partial charge >= 0.3 is 11.9 Å². The minimum atomic E-state index is -0.990. The van der Waals surface area contributed by atoms with Crippen molar-refractivity contribution in [3.63, 3.8) is 0 Å². The Kier molecular flexibility index (Phi) is 4.32. The summed E-state index contributed by atoms with van der Waals surface area (Å²) >= 11 is 0. The molecule has 6 heteroatoms. The lowest BCUT2D eigenvalue weighted by molar-refractivity contribution is -0.147. The summed E-state index contributed by atoms with van der Waals surface area (Å²) in [7, 11) is 0. The lowest BCUT2D eigenvalue weighted by Gasteiger charge is -2.18. The largest absolute Gasteiger partial charge is 0.478 e. The standard InChI is InChI=1S/C19H18O6/c1-19(2)24-15(11-3-7-13(8-4-11)17(20)21)16(25-19)12-5-9-14(10-6-12)18(22)23/h3-10,15-16H,1-2H3,(H,20,21)(H,22,23)/t15-,16-/m1/s1. The Morgan fingerprint density at radius 2 is 1.08 bits per heavy atom. The van der Waals surface area contributed by atoms with Crippen molar-refractivity contribution in [2.24, 2.45) is 0 Å². The van der Waals surface area contributed by atoms with Gasteiger partial charge in [0.05, 0.1) is 11.1 Å². The smallest absolute Gasteiger partial charge is 0.335 e. The van der Waals surface area contributed by atoms with Crippen LogP contribution in [-0.2, 0) is 9.47 Å². The van der Waals surface area contributed by atoms with E-state index >= 15 is 0 Å². The number of rotatable bonds is 4. The molecule has 130 valence electrons. The monoisotopic (exact) mass is 342 g/mol. The van der Waals surface area contributed by atoms with E-state index in [0.29, 0.717) is 0 Å². The SMILES string of the molecule is CC1(C)O[C@H](c2ccc(C(=O)O)cc2)[C@@H](c2ccc(C(=O)O)cc2)O1. The van der Waals surface area contributed by atoms with Crippen molar-refractivity contribution in [3.05, 3.63) is 70.8 Å². The molecule has 0 bridgehead atoms. The van der Waals surface area contributed by atoms with Crippen molar-refractivity contribution >= 4 is 11.9 Å². The molecule has 2 N–H and O–H groups in total. The van der Waals surface area contributed by atoms with Crippen LogP contribution in [0, 0.1) is 0 Å². The first-order chi connectivity index (χ1) is 11.8. The van der Waals surface area contributed by atoms with E-state index in [1.807, 2.05) is 0 Å². The molecule has 0 radical (unpaired) electrons. The highest BCUT2D eigenvalue weighted by Crippen LogP contribution is 2.46. The highest BCUT2D eigenvalue weighted by atomic mass is 16.7. The molecule has 3 rings (SSSR count). The molecule has 2 aromatic carbocycles. The topological polar surface area (TPSA) is 93.1 Å². The van der Waals surface area contributed by atoms with Gasteiger partial charge in [0.25, 0.3) is 0 Å². The molecule has 0 saturated carbocycles. The van der Waals surface area contributed by atoms with E-state index in [9.17, 15) is 9.59 Å². The molecule has 1 saturated heterocycles. The lowest BCUT2D eigenvalue weighted by Crippen LogP contribution is -2.20. The Morgan fingerprint density at radius 3 is 1.36 bits per heavy atom. The van der Waals surface area contributed by atoms with Crippen molar-refractivity contribution < 1.29 is 29.3 Å². The van der Waals surface area contributed by atoms with Crippen molar-refractivity contribution in [3.8, 4) is 0 Å². The summed E-state index contributed by atoms with van der Waals surface area (Å²) in [6, 6.07) is 12.9. The van der Waals surface area contributed by atoms with Crippen molar-refractivity contribution in [2.45, 2.75) is 31.8 Å². The number of aromatic carboxylic acids is 2. The van der Waals surface area contributed by atoms with Gasteiger partial charge < -0.3 is 19.7 Å². The highest BCUT2D eigenvalue weighted by Gasteiger charge is 2.42. The van der Waals surface area contributed by atoms with E-state index < -0.39 is 29.9 Å². The van der Waals surface area contributed by atoms with Crippen LogP contribution in [0.3, 0.4) is 0 Å². The van der Waals surface area contributed by atoms with Crippen LogP contribution in [0.4, 0.5) is 0 Å². The van der Waals surface area contributed by atoms with Crippen LogP contribution in [0.25, 0.3) is 0 Å². The van der Waals surface area contributed by atoms with Gasteiger partial charge in [-0.15, -0.1) is 0 Å². The molecule has 1 fully saturated rings. The molecule has 6 nitrogen and oxygen atoms in total. The number of hydrogen-bond donors (Lipinski definition) is 2. The van der Waals surface area contributed by atoms with E-state index in [1.165, 1.54) is 24.3 Å². The third-order valence-electron chi connectivity index (χ3n) is 4.07. The third-order valence-corrected chi connectivity index (χ3v) is 4.07. The molecule has 0 aromatic heterocycles. The van der Waals surface area contributed by atoms with Crippen LogP contribution in [0.15, 0.2) is 48.5 Å². The third kappa shape index (κ3) is 3.55. The van der Waals surface area contributed by atoms with Gasteiger partial charge in [-0.3, -0.25) is 0 Å². The quantitative estimate of drug-likeness (QED) is 0.881. The first-order valence-electron chi connectivity index (χ1n) is 7.79. The second-order valence-corrected chi connectivity index (χ2v) is 6.33. The predicted octanol–water partition coefficient (Wildman–Crippen LogP) is 3.65.